The van der Waals surface area contributed by atoms with Gasteiger partial charge in [0.05, 0.1) is 12.1 Å². The van der Waals surface area contributed by atoms with Crippen molar-refractivity contribution in [2.45, 2.75) is 125 Å². The van der Waals surface area contributed by atoms with E-state index in [4.69, 9.17) is 17.2 Å². The molecule has 10 atom stereocenters. The number of carboxylic acids is 1. The molecule has 1 aliphatic rings. The minimum absolute atomic E-state index is 0.0114. The number of unbranched alkanes of at least 4 members (excludes halogenated alkanes) is 1. The second kappa shape index (κ2) is 34.3. The van der Waals surface area contributed by atoms with Crippen molar-refractivity contribution in [2.24, 2.45) is 17.2 Å². The van der Waals surface area contributed by atoms with Gasteiger partial charge in [-0.2, -0.15) is 0 Å². The lowest BCUT2D eigenvalue weighted by Crippen LogP contribution is -2.62. The maximum atomic E-state index is 15.2. The molecule has 26 heteroatoms. The first-order chi connectivity index (χ1) is 43.3. The second-order valence-corrected chi connectivity index (χ2v) is 24.5. The van der Waals surface area contributed by atoms with Crippen LogP contribution in [0.5, 0.6) is 5.75 Å². The Balaban J connectivity index is 1.30. The monoisotopic (exact) mass is 1270 g/mol. The molecule has 18 N–H and O–H groups in total. The molecule has 0 bridgehead atoms. The summed E-state index contributed by atoms with van der Waals surface area (Å²) in [6.07, 6.45) is 0.0924. The molecule has 90 heavy (non-hydrogen) atoms. The van der Waals surface area contributed by atoms with E-state index in [1.54, 1.807) is 109 Å². The molecule has 6 aromatic rings. The van der Waals surface area contributed by atoms with Gasteiger partial charge in [-0.1, -0.05) is 137 Å². The zero-order valence-electron chi connectivity index (χ0n) is 49.6. The molecule has 5 aromatic carbocycles. The van der Waals surface area contributed by atoms with Crippen molar-refractivity contribution in [3.63, 3.8) is 0 Å². The second-order valence-electron chi connectivity index (χ2n) is 22.0. The molecule has 0 saturated carbocycles. The average molecular weight is 1270 g/mol. The van der Waals surface area contributed by atoms with Crippen LogP contribution >= 0.6 is 21.6 Å². The number of carbonyl (C=O) groups is 9. The summed E-state index contributed by atoms with van der Waals surface area (Å²) < 4.78 is 0. The number of benzene rings is 5. The molecule has 0 radical (unpaired) electrons. The van der Waals surface area contributed by atoms with Gasteiger partial charge in [-0.15, -0.1) is 0 Å². The average Bonchev–Trinajstić information content (AvgIpc) is 2.02. The quantitative estimate of drug-likeness (QED) is 0.0398. The Bertz CT molecular complexity index is 3400. The van der Waals surface area contributed by atoms with Crippen LogP contribution in [0.3, 0.4) is 0 Å². The molecule has 0 unspecified atom stereocenters. The number of aromatic nitrogens is 1. The van der Waals surface area contributed by atoms with Crippen molar-refractivity contribution in [1.82, 2.24) is 47.5 Å². The summed E-state index contributed by atoms with van der Waals surface area (Å²) in [6.45, 7) is 1.67. The summed E-state index contributed by atoms with van der Waals surface area (Å²) in [6, 6.07) is 24.0. The van der Waals surface area contributed by atoms with Crippen LogP contribution in [-0.2, 0) is 81.8 Å². The first kappa shape index (κ1) is 68.7. The third-order valence-corrected chi connectivity index (χ3v) is 17.5. The summed E-state index contributed by atoms with van der Waals surface area (Å²) in [5.74, 6) is -9.15. The normalized spacial score (nSPS) is 22.1. The lowest BCUT2D eigenvalue weighted by atomic mass is 9.99. The molecule has 0 aliphatic carbocycles. The number of phenols is 1. The van der Waals surface area contributed by atoms with E-state index in [0.717, 1.165) is 32.7 Å². The molecule has 1 aliphatic heterocycles. The number of nitrogens with two attached hydrogens (primary N) is 3. The maximum absolute atomic E-state index is 15.2. The van der Waals surface area contributed by atoms with Crippen LogP contribution < -0.4 is 59.7 Å². The molecular formula is C64H78N12O12S2. The summed E-state index contributed by atoms with van der Waals surface area (Å²) in [5.41, 5.74) is 22.6. The van der Waals surface area contributed by atoms with E-state index in [0.29, 0.717) is 46.0 Å². The fraction of sp³-hybridized carbons (Fsp3) is 0.359. The smallest absolute Gasteiger partial charge is 0.327 e. The van der Waals surface area contributed by atoms with Crippen molar-refractivity contribution in [1.29, 1.82) is 0 Å². The van der Waals surface area contributed by atoms with Crippen molar-refractivity contribution >= 4 is 85.7 Å². The first-order valence-electron chi connectivity index (χ1n) is 29.5. The number of hydrogen-bond donors (Lipinski definition) is 15. The number of aliphatic carboxylic acids is 1. The molecule has 8 amide bonds. The van der Waals surface area contributed by atoms with Gasteiger partial charge >= 0.3 is 5.97 Å². The van der Waals surface area contributed by atoms with E-state index in [1.807, 2.05) is 18.2 Å². The zero-order chi connectivity index (χ0) is 64.7. The van der Waals surface area contributed by atoms with Gasteiger partial charge in [-0.3, -0.25) is 38.4 Å². The molecule has 1 fully saturated rings. The van der Waals surface area contributed by atoms with Gasteiger partial charge in [0, 0.05) is 60.8 Å². The summed E-state index contributed by atoms with van der Waals surface area (Å²) in [5, 5.41) is 53.8. The third kappa shape index (κ3) is 20.6. The number of H-pyrrole nitrogens is 1. The van der Waals surface area contributed by atoms with Crippen LogP contribution in [0.1, 0.15) is 59.6 Å². The van der Waals surface area contributed by atoms with Gasteiger partial charge in [0.2, 0.25) is 47.3 Å². The Labute approximate surface area is 528 Å². The van der Waals surface area contributed by atoms with Crippen LogP contribution in [0.25, 0.3) is 10.9 Å². The van der Waals surface area contributed by atoms with Crippen molar-refractivity contribution in [3.8, 4) is 5.75 Å². The topological polar surface area (TPSA) is 404 Å². The number of phenolic OH excluding ortho intramolecular Hbond substituents is 1. The predicted molar refractivity (Wildman–Crippen MR) is 343 cm³/mol. The largest absolute Gasteiger partial charge is 0.508 e. The van der Waals surface area contributed by atoms with Gasteiger partial charge in [-0.25, -0.2) is 4.79 Å². The molecular weight excluding hydrogens is 1190 g/mol. The highest BCUT2D eigenvalue weighted by Gasteiger charge is 2.37. The van der Waals surface area contributed by atoms with Gasteiger partial charge < -0.3 is 80.0 Å². The summed E-state index contributed by atoms with van der Waals surface area (Å²) in [7, 11) is 1.88. The van der Waals surface area contributed by atoms with Gasteiger partial charge in [0.15, 0.2) is 0 Å². The molecule has 7 rings (SSSR count). The first-order valence-corrected chi connectivity index (χ1v) is 32.0. The van der Waals surface area contributed by atoms with E-state index < -0.39 is 114 Å². The van der Waals surface area contributed by atoms with Crippen LogP contribution in [0.2, 0.25) is 0 Å². The Hall–Kier alpha value is -8.79. The summed E-state index contributed by atoms with van der Waals surface area (Å²) >= 11 is 0. The Morgan fingerprint density at radius 3 is 1.60 bits per heavy atom. The standard InChI is InChI=1S/C64H78N12O12S2/c1-37(77)55-63(86)73-51(30-39-14-6-3-7-15-39)60(83)75-54(64(87)88)36-90-89-35-53(74-56(79)46(67)28-40-23-25-44(78)26-24-40)62(85)71-49(29-38-12-4-2-5-13-38)58(81)70-50(31-41-19-21-42(33-66)22-20-41)59(82)72-52(32-43-34-68-47-17-9-8-16-45(43)47)61(84)69-48(57(80)76-55)18-10-11-27-65/h2-9,12-17,19-26,34,37,46,48-55,68,77-78H,10-11,18,27-33,35-36,65-67H2,1H3,(H,69,84)(H,70,81)(H,71,85)(H,72,82)(H,73,86)(H,74,79)(H,75,83)(H,76,80)(H,87,88)/t37-,46+,48+,49+,50+,51+,52+,53+,54+,55-/m1/s1. The van der Waals surface area contributed by atoms with Crippen LogP contribution in [-0.4, -0.2) is 152 Å². The summed E-state index contributed by atoms with van der Waals surface area (Å²) in [4.78, 5) is 134. The highest BCUT2D eigenvalue weighted by molar-refractivity contribution is 8.76. The van der Waals surface area contributed by atoms with E-state index in [1.165, 1.54) is 19.1 Å². The minimum atomic E-state index is -1.75. The minimum Gasteiger partial charge on any atom is -0.508 e. The number of nitrogens with one attached hydrogen (secondary N) is 9. The van der Waals surface area contributed by atoms with Gasteiger partial charge in [-0.05, 0) is 90.7 Å². The van der Waals surface area contributed by atoms with Crippen LogP contribution in [0.15, 0.2) is 140 Å². The highest BCUT2D eigenvalue weighted by Crippen LogP contribution is 2.25. The number of fused-ring (bicyclic) bond motifs is 1. The Morgan fingerprint density at radius 1 is 0.556 bits per heavy atom. The van der Waals surface area contributed by atoms with Crippen LogP contribution in [0, 0.1) is 0 Å². The number of para-hydroxylation sites is 1. The van der Waals surface area contributed by atoms with Gasteiger partial charge in [0.25, 0.3) is 0 Å². The number of carbonyl (C=O) groups excluding carboxylic acids is 8. The van der Waals surface area contributed by atoms with E-state index >= 15 is 14.4 Å². The molecule has 478 valence electrons. The van der Waals surface area contributed by atoms with Gasteiger partial charge in [0.1, 0.15) is 54.1 Å². The number of aromatic hydroxyl groups is 1. The Kier molecular flexibility index (Phi) is 26.1. The fourth-order valence-electron chi connectivity index (χ4n) is 10.00. The zero-order valence-corrected chi connectivity index (χ0v) is 51.2. The molecule has 2 heterocycles. The highest BCUT2D eigenvalue weighted by atomic mass is 33.1. The number of carboxylic acid groups (broad SMARTS) is 1. The number of rotatable bonds is 19. The number of aliphatic hydroxyl groups is 1. The van der Waals surface area contributed by atoms with E-state index in [-0.39, 0.29) is 68.9 Å². The fourth-order valence-corrected chi connectivity index (χ4v) is 12.3. The SMILES string of the molecule is C[C@@H](O)[C@H]1NC(=O)[C@H](CCCCN)NC(=O)[C@H](Cc2c[nH]c3ccccc23)NC(=O)[C@H](Cc2ccc(CN)cc2)NC(=O)[C@H](Cc2ccccc2)NC(=O)[C@@H](NC(=O)[C@@H](N)Cc2ccc(O)cc2)CSSC[C@@H](C(=O)O)NC(=O)[C@H](Cc2ccccc2)NC1=O. The maximum Gasteiger partial charge on any atom is 0.327 e. The van der Waals surface area contributed by atoms with Crippen molar-refractivity contribution in [3.05, 3.63) is 173 Å². The van der Waals surface area contributed by atoms with Crippen molar-refractivity contribution < 1.29 is 58.5 Å². The molecule has 1 aromatic heterocycles. The number of aliphatic hydroxyl groups excluding tert-OH is 1. The van der Waals surface area contributed by atoms with E-state index in [9.17, 15) is 44.1 Å². The number of aromatic amines is 1. The van der Waals surface area contributed by atoms with E-state index in [2.05, 4.69) is 47.5 Å². The number of amides is 8. The van der Waals surface area contributed by atoms with Crippen LogP contribution in [0.4, 0.5) is 0 Å². The lowest BCUT2D eigenvalue weighted by molar-refractivity contribution is -0.141. The number of hydrogen-bond acceptors (Lipinski definition) is 16. The molecule has 0 spiro atoms. The molecule has 24 nitrogen and oxygen atoms in total. The predicted octanol–water partition coefficient (Wildman–Crippen LogP) is 1.04. The van der Waals surface area contributed by atoms with Crippen molar-refractivity contribution in [2.75, 3.05) is 18.1 Å². The lowest BCUT2D eigenvalue weighted by Gasteiger charge is -2.29. The molecule has 1 saturated heterocycles. The Morgan fingerprint density at radius 2 is 1.03 bits per heavy atom. The third-order valence-electron chi connectivity index (χ3n) is 15.1.